The van der Waals surface area contributed by atoms with Gasteiger partial charge >= 0.3 is 0 Å². The van der Waals surface area contributed by atoms with Crippen LogP contribution in [0.15, 0.2) is 23.2 Å². The molecule has 0 aromatic heterocycles. The van der Waals surface area contributed by atoms with Gasteiger partial charge in [-0.15, -0.1) is 0 Å². The molecule has 1 heterocycles. The summed E-state index contributed by atoms with van der Waals surface area (Å²) < 4.78 is 19.2. The highest BCUT2D eigenvalue weighted by Crippen LogP contribution is 2.09. The van der Waals surface area contributed by atoms with Crippen molar-refractivity contribution < 1.29 is 9.13 Å². The van der Waals surface area contributed by atoms with Crippen LogP contribution in [-0.2, 0) is 11.3 Å². The molecule has 1 saturated heterocycles. The van der Waals surface area contributed by atoms with Crippen molar-refractivity contribution >= 4 is 5.96 Å². The summed E-state index contributed by atoms with van der Waals surface area (Å²) in [4.78, 5) is 6.70. The van der Waals surface area contributed by atoms with Crippen LogP contribution in [0.3, 0.4) is 0 Å². The molecule has 0 amide bonds. The van der Waals surface area contributed by atoms with Crippen molar-refractivity contribution in [2.24, 2.45) is 10.9 Å². The second kappa shape index (κ2) is 9.73. The molecule has 0 bridgehead atoms. The third-order valence-corrected chi connectivity index (χ3v) is 4.25. The molecule has 1 aliphatic rings. The van der Waals surface area contributed by atoms with E-state index in [0.29, 0.717) is 18.0 Å². The second-order valence-corrected chi connectivity index (χ2v) is 7.04. The molecular formula is C19H31FN4O. The zero-order chi connectivity index (χ0) is 18.2. The minimum Gasteiger partial charge on any atom is -0.374 e. The van der Waals surface area contributed by atoms with Crippen LogP contribution in [0.1, 0.15) is 25.0 Å². The molecule has 0 saturated carbocycles. The first kappa shape index (κ1) is 19.7. The summed E-state index contributed by atoms with van der Waals surface area (Å²) in [6, 6.07) is 5.14. The van der Waals surface area contributed by atoms with Gasteiger partial charge in [0.25, 0.3) is 0 Å². The van der Waals surface area contributed by atoms with E-state index in [9.17, 15) is 4.39 Å². The van der Waals surface area contributed by atoms with Gasteiger partial charge in [-0.1, -0.05) is 26.0 Å². The third-order valence-electron chi connectivity index (χ3n) is 4.25. The van der Waals surface area contributed by atoms with E-state index in [2.05, 4.69) is 34.4 Å². The highest BCUT2D eigenvalue weighted by Gasteiger charge is 2.21. The highest BCUT2D eigenvalue weighted by atomic mass is 19.1. The Morgan fingerprint density at radius 2 is 2.20 bits per heavy atom. The minimum atomic E-state index is -0.174. The molecule has 1 aromatic rings. The maximum atomic E-state index is 13.3. The van der Waals surface area contributed by atoms with Crippen LogP contribution < -0.4 is 10.6 Å². The Morgan fingerprint density at radius 1 is 1.40 bits per heavy atom. The Hall–Kier alpha value is -1.66. The van der Waals surface area contributed by atoms with E-state index in [0.717, 1.165) is 44.3 Å². The number of nitrogens with zero attached hydrogens (tertiary/aromatic N) is 2. The molecule has 1 unspecified atom stereocenters. The minimum absolute atomic E-state index is 0.166. The summed E-state index contributed by atoms with van der Waals surface area (Å²) >= 11 is 0. The Kier molecular flexibility index (Phi) is 7.65. The van der Waals surface area contributed by atoms with Crippen LogP contribution >= 0.6 is 0 Å². The molecule has 1 aromatic carbocycles. The van der Waals surface area contributed by atoms with Gasteiger partial charge in [-0.2, -0.15) is 0 Å². The predicted octanol–water partition coefficient (Wildman–Crippen LogP) is 2.16. The summed E-state index contributed by atoms with van der Waals surface area (Å²) in [6.07, 6.45) is 0.166. The number of nitrogens with one attached hydrogen (secondary N) is 2. The van der Waals surface area contributed by atoms with Gasteiger partial charge in [0.2, 0.25) is 0 Å². The monoisotopic (exact) mass is 350 g/mol. The van der Waals surface area contributed by atoms with Crippen LogP contribution in [0.4, 0.5) is 4.39 Å². The van der Waals surface area contributed by atoms with E-state index in [1.807, 2.05) is 6.07 Å². The summed E-state index contributed by atoms with van der Waals surface area (Å²) in [7, 11) is 1.75. The van der Waals surface area contributed by atoms with Gasteiger partial charge in [0.15, 0.2) is 5.96 Å². The van der Waals surface area contributed by atoms with Gasteiger partial charge in [-0.25, -0.2) is 4.39 Å². The summed E-state index contributed by atoms with van der Waals surface area (Å²) in [5.41, 5.74) is 1.68. The highest BCUT2D eigenvalue weighted by molar-refractivity contribution is 5.79. The molecule has 2 N–H and O–H groups in total. The van der Waals surface area contributed by atoms with E-state index in [1.165, 1.54) is 6.07 Å². The van der Waals surface area contributed by atoms with Crippen molar-refractivity contribution in [3.8, 4) is 0 Å². The molecular weight excluding hydrogens is 319 g/mol. The molecule has 0 aliphatic carbocycles. The third kappa shape index (κ3) is 6.63. The van der Waals surface area contributed by atoms with Crippen molar-refractivity contribution in [2.45, 2.75) is 33.4 Å². The van der Waals surface area contributed by atoms with Crippen molar-refractivity contribution in [1.29, 1.82) is 0 Å². The van der Waals surface area contributed by atoms with Gasteiger partial charge in [-0.05, 0) is 30.0 Å². The Bertz CT molecular complexity index is 577. The molecule has 6 heteroatoms. The van der Waals surface area contributed by atoms with Crippen LogP contribution in [0.2, 0.25) is 0 Å². The molecule has 1 aliphatic heterocycles. The number of aryl methyl sites for hydroxylation is 1. The van der Waals surface area contributed by atoms with Crippen molar-refractivity contribution in [3.63, 3.8) is 0 Å². The molecule has 2 rings (SSSR count). The second-order valence-electron chi connectivity index (χ2n) is 7.04. The molecule has 25 heavy (non-hydrogen) atoms. The maximum absolute atomic E-state index is 13.3. The van der Waals surface area contributed by atoms with E-state index >= 15 is 0 Å². The van der Waals surface area contributed by atoms with Gasteiger partial charge in [-0.3, -0.25) is 9.89 Å². The van der Waals surface area contributed by atoms with Gasteiger partial charge in [0.05, 0.1) is 12.7 Å². The largest absolute Gasteiger partial charge is 0.374 e. The Morgan fingerprint density at radius 3 is 2.88 bits per heavy atom. The van der Waals surface area contributed by atoms with Gasteiger partial charge in [0, 0.05) is 39.8 Å². The fraction of sp³-hybridized carbons (Fsp3) is 0.632. The van der Waals surface area contributed by atoms with Crippen LogP contribution in [0, 0.1) is 18.7 Å². The summed E-state index contributed by atoms with van der Waals surface area (Å²) in [6.45, 7) is 11.4. The zero-order valence-corrected chi connectivity index (χ0v) is 15.8. The topological polar surface area (TPSA) is 48.9 Å². The fourth-order valence-corrected chi connectivity index (χ4v) is 3.02. The van der Waals surface area contributed by atoms with Crippen molar-refractivity contribution in [2.75, 3.05) is 39.8 Å². The Labute approximate surface area is 150 Å². The van der Waals surface area contributed by atoms with E-state index < -0.39 is 0 Å². The van der Waals surface area contributed by atoms with Crippen molar-refractivity contribution in [3.05, 3.63) is 35.1 Å². The number of morpholine rings is 1. The van der Waals surface area contributed by atoms with E-state index in [4.69, 9.17) is 4.74 Å². The van der Waals surface area contributed by atoms with Crippen LogP contribution in [0.5, 0.6) is 0 Å². The van der Waals surface area contributed by atoms with Crippen LogP contribution in [0.25, 0.3) is 0 Å². The fourth-order valence-electron chi connectivity index (χ4n) is 3.02. The Balaban J connectivity index is 1.77. The lowest BCUT2D eigenvalue weighted by atomic mass is 10.1. The first-order chi connectivity index (χ1) is 12.0. The van der Waals surface area contributed by atoms with Crippen LogP contribution in [-0.4, -0.2) is 56.8 Å². The van der Waals surface area contributed by atoms with Gasteiger partial charge < -0.3 is 15.4 Å². The maximum Gasteiger partial charge on any atom is 0.191 e. The molecule has 1 fully saturated rings. The van der Waals surface area contributed by atoms with E-state index in [-0.39, 0.29) is 11.9 Å². The number of hydrogen-bond donors (Lipinski definition) is 2. The van der Waals surface area contributed by atoms with Gasteiger partial charge in [0.1, 0.15) is 5.82 Å². The standard InChI is InChI=1S/C19H31FN4O/c1-14(2)12-24-7-8-25-17(13-24)11-23-19(21-4)22-10-16-5-6-18(20)15(3)9-16/h5-6,9,14,17H,7-8,10-13H2,1-4H3,(H2,21,22,23). The number of benzene rings is 1. The van der Waals surface area contributed by atoms with E-state index in [1.54, 1.807) is 20.0 Å². The van der Waals surface area contributed by atoms with Crippen molar-refractivity contribution in [1.82, 2.24) is 15.5 Å². The smallest absolute Gasteiger partial charge is 0.191 e. The SMILES string of the molecule is CN=C(NCc1ccc(F)c(C)c1)NCC1CN(CC(C)C)CCO1. The number of halogens is 1. The molecule has 5 nitrogen and oxygen atoms in total. The number of guanidine groups is 1. The molecule has 140 valence electrons. The number of aliphatic imine (C=N–C) groups is 1. The quantitative estimate of drug-likeness (QED) is 0.610. The number of rotatable bonds is 6. The molecule has 1 atom stereocenters. The molecule has 0 spiro atoms. The first-order valence-corrected chi connectivity index (χ1v) is 9.01. The summed E-state index contributed by atoms with van der Waals surface area (Å²) in [5.74, 6) is 1.22. The molecule has 0 radical (unpaired) electrons. The number of ether oxygens (including phenoxy) is 1. The number of hydrogen-bond acceptors (Lipinski definition) is 3. The normalized spacial score (nSPS) is 19.3. The summed E-state index contributed by atoms with van der Waals surface area (Å²) in [5, 5.41) is 6.59. The lowest BCUT2D eigenvalue weighted by Crippen LogP contribution is -2.50. The zero-order valence-electron chi connectivity index (χ0n) is 15.8. The predicted molar refractivity (Wildman–Crippen MR) is 100 cm³/mol. The lowest BCUT2D eigenvalue weighted by Gasteiger charge is -2.34. The lowest BCUT2D eigenvalue weighted by molar-refractivity contribution is -0.0284. The first-order valence-electron chi connectivity index (χ1n) is 9.01. The average molecular weight is 350 g/mol. The average Bonchev–Trinajstić information content (AvgIpc) is 2.58.